The topological polar surface area (TPSA) is 80.4 Å². The number of hydrogen-bond acceptors (Lipinski definition) is 4. The number of fused-ring (bicyclic) bond motifs is 1. The number of carbonyl (C=O) groups excluding carboxylic acids is 2. The molecule has 92 valence electrons. The molecule has 4 heteroatoms. The fourth-order valence-corrected chi connectivity index (χ4v) is 2.85. The minimum absolute atomic E-state index is 0.0712. The van der Waals surface area contributed by atoms with E-state index in [0.717, 1.165) is 6.42 Å². The van der Waals surface area contributed by atoms with Gasteiger partial charge in [-0.3, -0.25) is 9.59 Å². The number of aliphatic hydroxyl groups is 1. The zero-order valence-corrected chi connectivity index (χ0v) is 9.72. The molecule has 2 unspecified atom stereocenters. The molecule has 0 aromatic heterocycles. The summed E-state index contributed by atoms with van der Waals surface area (Å²) in [5.41, 5.74) is 7.19. The van der Waals surface area contributed by atoms with Gasteiger partial charge in [0.05, 0.1) is 11.8 Å². The number of rotatable bonds is 0. The van der Waals surface area contributed by atoms with Gasteiger partial charge in [-0.2, -0.15) is 0 Å². The van der Waals surface area contributed by atoms with E-state index >= 15 is 0 Å². The maximum atomic E-state index is 12.4. The van der Waals surface area contributed by atoms with Crippen molar-refractivity contribution in [3.8, 4) is 0 Å². The summed E-state index contributed by atoms with van der Waals surface area (Å²) in [6.45, 7) is 0. The molecule has 0 radical (unpaired) electrons. The van der Waals surface area contributed by atoms with E-state index in [1.807, 2.05) is 6.08 Å². The summed E-state index contributed by atoms with van der Waals surface area (Å²) < 4.78 is 0. The summed E-state index contributed by atoms with van der Waals surface area (Å²) in [6.07, 6.45) is 7.83. The van der Waals surface area contributed by atoms with Gasteiger partial charge in [-0.15, -0.1) is 0 Å². The van der Waals surface area contributed by atoms with Crippen LogP contribution in [0.15, 0.2) is 46.9 Å². The molecule has 0 amide bonds. The number of allylic oxidation sites excluding steroid dienone is 8. The average Bonchev–Trinajstić information content (AvgIpc) is 2.38. The molecule has 0 spiro atoms. The average molecular weight is 243 g/mol. The predicted molar refractivity (Wildman–Crippen MR) is 65.4 cm³/mol. The SMILES string of the molecule is NC1=CC=C(O)C2C(=O)C3=C(CCC=C3)C(=O)C12. The van der Waals surface area contributed by atoms with Crippen molar-refractivity contribution in [3.05, 3.63) is 46.9 Å². The lowest BCUT2D eigenvalue weighted by molar-refractivity contribution is -0.129. The third-order valence-electron chi connectivity index (χ3n) is 3.76. The smallest absolute Gasteiger partial charge is 0.174 e. The zero-order chi connectivity index (χ0) is 12.9. The van der Waals surface area contributed by atoms with Crippen LogP contribution in [0.3, 0.4) is 0 Å². The lowest BCUT2D eigenvalue weighted by Gasteiger charge is -2.34. The van der Waals surface area contributed by atoms with Crippen LogP contribution in [-0.4, -0.2) is 16.7 Å². The molecular formula is C14H13NO3. The summed E-state index contributed by atoms with van der Waals surface area (Å²) in [5.74, 6) is -1.93. The minimum Gasteiger partial charge on any atom is -0.512 e. The first-order valence-electron chi connectivity index (χ1n) is 5.95. The Morgan fingerprint density at radius 3 is 2.72 bits per heavy atom. The molecule has 3 aliphatic rings. The Morgan fingerprint density at radius 2 is 1.94 bits per heavy atom. The zero-order valence-electron chi connectivity index (χ0n) is 9.72. The second-order valence-corrected chi connectivity index (χ2v) is 4.78. The highest BCUT2D eigenvalue weighted by atomic mass is 16.3. The van der Waals surface area contributed by atoms with E-state index in [-0.39, 0.29) is 17.3 Å². The molecule has 0 aliphatic heterocycles. The van der Waals surface area contributed by atoms with Crippen LogP contribution in [0, 0.1) is 11.8 Å². The van der Waals surface area contributed by atoms with Crippen molar-refractivity contribution in [2.75, 3.05) is 0 Å². The Balaban J connectivity index is 2.18. The van der Waals surface area contributed by atoms with Crippen LogP contribution in [0.25, 0.3) is 0 Å². The molecule has 3 rings (SSSR count). The fourth-order valence-electron chi connectivity index (χ4n) is 2.85. The van der Waals surface area contributed by atoms with Gasteiger partial charge in [-0.1, -0.05) is 12.2 Å². The van der Waals surface area contributed by atoms with Crippen molar-refractivity contribution in [1.82, 2.24) is 0 Å². The van der Waals surface area contributed by atoms with Crippen LogP contribution in [0.2, 0.25) is 0 Å². The molecule has 0 saturated carbocycles. The molecule has 3 N–H and O–H groups in total. The summed E-state index contributed by atoms with van der Waals surface area (Å²) in [5, 5.41) is 9.84. The highest BCUT2D eigenvalue weighted by molar-refractivity contribution is 6.17. The number of carbonyl (C=O) groups is 2. The fraction of sp³-hybridized carbons (Fsp3) is 0.286. The Morgan fingerprint density at radius 1 is 1.17 bits per heavy atom. The van der Waals surface area contributed by atoms with E-state index in [9.17, 15) is 14.7 Å². The minimum atomic E-state index is -0.830. The van der Waals surface area contributed by atoms with E-state index in [2.05, 4.69) is 0 Å². The van der Waals surface area contributed by atoms with Crippen LogP contribution in [0.1, 0.15) is 12.8 Å². The molecule has 0 aromatic rings. The molecule has 2 atom stereocenters. The number of nitrogens with two attached hydrogens (primary N) is 1. The van der Waals surface area contributed by atoms with Crippen LogP contribution < -0.4 is 5.73 Å². The summed E-state index contributed by atoms with van der Waals surface area (Å²) in [4.78, 5) is 24.7. The van der Waals surface area contributed by atoms with E-state index in [0.29, 0.717) is 23.3 Å². The summed E-state index contributed by atoms with van der Waals surface area (Å²) >= 11 is 0. The van der Waals surface area contributed by atoms with Crippen molar-refractivity contribution in [2.45, 2.75) is 12.8 Å². The van der Waals surface area contributed by atoms with Crippen molar-refractivity contribution < 1.29 is 14.7 Å². The van der Waals surface area contributed by atoms with E-state index in [4.69, 9.17) is 5.73 Å². The third-order valence-corrected chi connectivity index (χ3v) is 3.76. The molecular weight excluding hydrogens is 230 g/mol. The van der Waals surface area contributed by atoms with Gasteiger partial charge in [0.2, 0.25) is 0 Å². The maximum absolute atomic E-state index is 12.4. The van der Waals surface area contributed by atoms with Gasteiger partial charge >= 0.3 is 0 Å². The van der Waals surface area contributed by atoms with E-state index in [1.165, 1.54) is 12.2 Å². The molecule has 0 heterocycles. The first kappa shape index (κ1) is 11.0. The van der Waals surface area contributed by atoms with Crippen LogP contribution >= 0.6 is 0 Å². The maximum Gasteiger partial charge on any atom is 0.174 e. The molecule has 0 fully saturated rings. The second kappa shape index (κ2) is 3.70. The normalized spacial score (nSPS) is 30.7. The van der Waals surface area contributed by atoms with Crippen LogP contribution in [0.4, 0.5) is 0 Å². The third kappa shape index (κ3) is 1.32. The molecule has 0 aromatic carbocycles. The number of hydrogen-bond donors (Lipinski definition) is 2. The van der Waals surface area contributed by atoms with Gasteiger partial charge in [-0.05, 0) is 25.0 Å². The van der Waals surface area contributed by atoms with Crippen molar-refractivity contribution >= 4 is 11.6 Å². The molecule has 3 aliphatic carbocycles. The Kier molecular flexibility index (Phi) is 2.26. The van der Waals surface area contributed by atoms with Crippen molar-refractivity contribution in [3.63, 3.8) is 0 Å². The molecule has 0 saturated heterocycles. The largest absolute Gasteiger partial charge is 0.512 e. The Hall–Kier alpha value is -2.10. The van der Waals surface area contributed by atoms with Crippen molar-refractivity contribution in [2.24, 2.45) is 17.6 Å². The van der Waals surface area contributed by atoms with Gasteiger partial charge < -0.3 is 10.8 Å². The first-order valence-corrected chi connectivity index (χ1v) is 5.95. The lowest BCUT2D eigenvalue weighted by Crippen LogP contribution is -2.42. The van der Waals surface area contributed by atoms with Crippen LogP contribution in [0.5, 0.6) is 0 Å². The highest BCUT2D eigenvalue weighted by Gasteiger charge is 2.46. The predicted octanol–water partition coefficient (Wildman–Crippen LogP) is 1.32. The Labute approximate surface area is 104 Å². The van der Waals surface area contributed by atoms with Gasteiger partial charge in [0.15, 0.2) is 11.6 Å². The number of ketones is 2. The summed E-state index contributed by atoms with van der Waals surface area (Å²) in [6, 6.07) is 0. The van der Waals surface area contributed by atoms with Crippen LogP contribution in [-0.2, 0) is 9.59 Å². The Bertz CT molecular complexity index is 578. The van der Waals surface area contributed by atoms with Gasteiger partial charge in [0, 0.05) is 16.8 Å². The standard InChI is InChI=1S/C14H13NO3/c15-9-5-6-10(16)12-11(9)13(17)7-3-1-2-4-8(7)14(12)18/h2,4-6,11-12,16H,1,3,15H2. The second-order valence-electron chi connectivity index (χ2n) is 4.78. The van der Waals surface area contributed by atoms with Gasteiger partial charge in [0.1, 0.15) is 5.76 Å². The summed E-state index contributed by atoms with van der Waals surface area (Å²) in [7, 11) is 0. The highest BCUT2D eigenvalue weighted by Crippen LogP contribution is 2.40. The van der Waals surface area contributed by atoms with E-state index in [1.54, 1.807) is 6.08 Å². The first-order chi connectivity index (χ1) is 8.61. The molecule has 4 nitrogen and oxygen atoms in total. The van der Waals surface area contributed by atoms with E-state index < -0.39 is 11.8 Å². The number of Topliss-reactive ketones (excluding diaryl/α,β-unsaturated/α-hetero) is 2. The quantitative estimate of drug-likeness (QED) is 0.672. The molecule has 0 bridgehead atoms. The van der Waals surface area contributed by atoms with Crippen molar-refractivity contribution in [1.29, 1.82) is 0 Å². The number of aliphatic hydroxyl groups excluding tert-OH is 1. The molecule has 18 heavy (non-hydrogen) atoms. The lowest BCUT2D eigenvalue weighted by atomic mass is 9.68. The van der Waals surface area contributed by atoms with Gasteiger partial charge in [0.25, 0.3) is 0 Å². The monoisotopic (exact) mass is 243 g/mol. The van der Waals surface area contributed by atoms with Gasteiger partial charge in [-0.25, -0.2) is 0 Å².